The third-order valence-electron chi connectivity index (χ3n) is 3.28. The lowest BCUT2D eigenvalue weighted by molar-refractivity contribution is -0.119. The molecule has 0 fully saturated rings. The van der Waals surface area contributed by atoms with Crippen LogP contribution in [0, 0.1) is 0 Å². The van der Waals surface area contributed by atoms with Crippen molar-refractivity contribution in [3.8, 4) is 0 Å². The van der Waals surface area contributed by atoms with Gasteiger partial charge in [-0.3, -0.25) is 4.79 Å². The van der Waals surface area contributed by atoms with Crippen LogP contribution in [0.1, 0.15) is 18.5 Å². The molecular weight excluding hydrogens is 334 g/mol. The van der Waals surface area contributed by atoms with Crippen molar-refractivity contribution in [1.82, 2.24) is 25.3 Å². The number of hydrogen-bond acceptors (Lipinski definition) is 5. The number of thioether (sulfide) groups is 1. The summed E-state index contributed by atoms with van der Waals surface area (Å²) >= 11 is 7.21. The minimum Gasteiger partial charge on any atom is -0.349 e. The van der Waals surface area contributed by atoms with Crippen molar-refractivity contribution in [3.05, 3.63) is 47.5 Å². The molecule has 1 amide bonds. The summed E-state index contributed by atoms with van der Waals surface area (Å²) in [5.74, 6) is 0.201. The van der Waals surface area contributed by atoms with Gasteiger partial charge in [0.15, 0.2) is 5.65 Å². The number of benzene rings is 1. The first-order valence-corrected chi connectivity index (χ1v) is 8.31. The Kier molecular flexibility index (Phi) is 4.78. The van der Waals surface area contributed by atoms with Gasteiger partial charge >= 0.3 is 0 Å². The van der Waals surface area contributed by atoms with Crippen LogP contribution in [-0.2, 0) is 4.79 Å². The van der Waals surface area contributed by atoms with Crippen molar-refractivity contribution in [2.75, 3.05) is 5.75 Å². The molecule has 2 heterocycles. The fraction of sp³-hybridized carbons (Fsp3) is 0.200. The molecule has 0 saturated heterocycles. The van der Waals surface area contributed by atoms with E-state index in [4.69, 9.17) is 11.6 Å². The van der Waals surface area contributed by atoms with Gasteiger partial charge in [-0.25, -0.2) is 15.0 Å². The quantitative estimate of drug-likeness (QED) is 0.547. The largest absolute Gasteiger partial charge is 0.349 e. The van der Waals surface area contributed by atoms with Gasteiger partial charge in [-0.15, -0.1) is 0 Å². The molecule has 0 aliphatic carbocycles. The third kappa shape index (κ3) is 3.80. The molecule has 3 rings (SSSR count). The standard InChI is InChI=1S/C15H14ClN5OS/c1-9(10-2-4-11(16)5-3-10)21-12(22)6-23-15-13-14(18-7-17-13)19-8-20-15/h2-5,7-9H,6H2,1H3,(H,21,22)(H,17,18,19,20). The first-order chi connectivity index (χ1) is 11.1. The number of rotatable bonds is 5. The molecule has 0 aliphatic rings. The van der Waals surface area contributed by atoms with E-state index in [2.05, 4.69) is 25.3 Å². The van der Waals surface area contributed by atoms with E-state index >= 15 is 0 Å². The van der Waals surface area contributed by atoms with Gasteiger partial charge in [0.2, 0.25) is 5.91 Å². The van der Waals surface area contributed by atoms with Gasteiger partial charge in [-0.1, -0.05) is 35.5 Å². The number of aromatic nitrogens is 4. The summed E-state index contributed by atoms with van der Waals surface area (Å²) in [6.07, 6.45) is 3.01. The molecule has 0 radical (unpaired) electrons. The Morgan fingerprint density at radius 3 is 2.87 bits per heavy atom. The molecule has 1 aromatic carbocycles. The molecule has 6 nitrogen and oxygen atoms in total. The Labute approximate surface area is 142 Å². The van der Waals surface area contributed by atoms with Gasteiger partial charge in [0.25, 0.3) is 0 Å². The molecule has 0 aliphatic heterocycles. The highest BCUT2D eigenvalue weighted by molar-refractivity contribution is 8.00. The van der Waals surface area contributed by atoms with Gasteiger partial charge in [0.1, 0.15) is 16.9 Å². The number of fused-ring (bicyclic) bond motifs is 1. The van der Waals surface area contributed by atoms with Crippen LogP contribution >= 0.6 is 23.4 Å². The molecule has 2 N–H and O–H groups in total. The van der Waals surface area contributed by atoms with Crippen LogP contribution in [0.5, 0.6) is 0 Å². The highest BCUT2D eigenvalue weighted by atomic mass is 35.5. The predicted octanol–water partition coefficient (Wildman–Crippen LogP) is 2.98. The first-order valence-electron chi connectivity index (χ1n) is 6.95. The number of amides is 1. The van der Waals surface area contributed by atoms with Crippen LogP contribution in [-0.4, -0.2) is 31.6 Å². The van der Waals surface area contributed by atoms with Gasteiger partial charge in [0.05, 0.1) is 18.1 Å². The van der Waals surface area contributed by atoms with Crippen LogP contribution < -0.4 is 5.32 Å². The number of aromatic amines is 1. The summed E-state index contributed by atoms with van der Waals surface area (Å²) in [6, 6.07) is 7.34. The smallest absolute Gasteiger partial charge is 0.230 e. The van der Waals surface area contributed by atoms with E-state index in [1.54, 1.807) is 6.33 Å². The highest BCUT2D eigenvalue weighted by Gasteiger charge is 2.12. The zero-order chi connectivity index (χ0) is 16.2. The Morgan fingerprint density at radius 1 is 1.30 bits per heavy atom. The Morgan fingerprint density at radius 2 is 2.09 bits per heavy atom. The zero-order valence-corrected chi connectivity index (χ0v) is 13.9. The summed E-state index contributed by atoms with van der Waals surface area (Å²) in [5.41, 5.74) is 2.35. The summed E-state index contributed by atoms with van der Waals surface area (Å²) in [4.78, 5) is 27.4. The van der Waals surface area contributed by atoms with E-state index in [0.29, 0.717) is 15.7 Å². The van der Waals surface area contributed by atoms with Gasteiger partial charge < -0.3 is 10.3 Å². The topological polar surface area (TPSA) is 83.6 Å². The number of nitrogens with one attached hydrogen (secondary N) is 2. The van der Waals surface area contributed by atoms with Crippen LogP contribution in [0.4, 0.5) is 0 Å². The number of nitrogens with zero attached hydrogens (tertiary/aromatic N) is 3. The average Bonchev–Trinajstić information content (AvgIpc) is 3.02. The van der Waals surface area contributed by atoms with Gasteiger partial charge in [0, 0.05) is 5.02 Å². The van der Waals surface area contributed by atoms with Gasteiger partial charge in [-0.2, -0.15) is 0 Å². The molecule has 0 spiro atoms. The van der Waals surface area contributed by atoms with E-state index in [1.165, 1.54) is 18.1 Å². The maximum atomic E-state index is 12.1. The molecule has 0 bridgehead atoms. The van der Waals surface area contributed by atoms with Crippen molar-refractivity contribution in [2.45, 2.75) is 18.0 Å². The summed E-state index contributed by atoms with van der Waals surface area (Å²) in [6.45, 7) is 1.93. The zero-order valence-electron chi connectivity index (χ0n) is 12.3. The summed E-state index contributed by atoms with van der Waals surface area (Å²) in [5, 5.41) is 4.34. The number of carbonyl (C=O) groups is 1. The van der Waals surface area contributed by atoms with Crippen molar-refractivity contribution in [2.24, 2.45) is 0 Å². The number of carbonyl (C=O) groups excluding carboxylic acids is 1. The highest BCUT2D eigenvalue weighted by Crippen LogP contribution is 2.22. The van der Waals surface area contributed by atoms with Crippen molar-refractivity contribution in [3.63, 3.8) is 0 Å². The Bertz CT molecular complexity index is 820. The second-order valence-electron chi connectivity index (χ2n) is 4.91. The number of H-pyrrole nitrogens is 1. The molecule has 118 valence electrons. The molecule has 1 unspecified atom stereocenters. The molecular formula is C15H14ClN5OS. The maximum absolute atomic E-state index is 12.1. The monoisotopic (exact) mass is 347 g/mol. The van der Waals surface area contributed by atoms with E-state index in [1.807, 2.05) is 31.2 Å². The molecule has 8 heteroatoms. The molecule has 23 heavy (non-hydrogen) atoms. The van der Waals surface area contributed by atoms with E-state index in [9.17, 15) is 4.79 Å². The van der Waals surface area contributed by atoms with Crippen LogP contribution in [0.2, 0.25) is 5.02 Å². The summed E-state index contributed by atoms with van der Waals surface area (Å²) in [7, 11) is 0. The minimum atomic E-state index is -0.0852. The lowest BCUT2D eigenvalue weighted by atomic mass is 10.1. The van der Waals surface area contributed by atoms with E-state index in [-0.39, 0.29) is 17.7 Å². The van der Waals surface area contributed by atoms with Crippen LogP contribution in [0.3, 0.4) is 0 Å². The second kappa shape index (κ2) is 6.97. The molecule has 2 aromatic heterocycles. The Hall–Kier alpha value is -2.12. The number of hydrogen-bond donors (Lipinski definition) is 2. The minimum absolute atomic E-state index is 0.0660. The van der Waals surface area contributed by atoms with Crippen molar-refractivity contribution in [1.29, 1.82) is 0 Å². The number of halogens is 1. The van der Waals surface area contributed by atoms with Crippen LogP contribution in [0.25, 0.3) is 11.2 Å². The Balaban J connectivity index is 1.59. The molecule has 0 saturated carbocycles. The first kappa shape index (κ1) is 15.8. The maximum Gasteiger partial charge on any atom is 0.230 e. The lowest BCUT2D eigenvalue weighted by Crippen LogP contribution is -2.28. The molecule has 1 atom stereocenters. The average molecular weight is 348 g/mol. The van der Waals surface area contributed by atoms with Crippen LogP contribution in [0.15, 0.2) is 41.9 Å². The fourth-order valence-electron chi connectivity index (χ4n) is 2.10. The predicted molar refractivity (Wildman–Crippen MR) is 90.4 cm³/mol. The normalized spacial score (nSPS) is 12.3. The SMILES string of the molecule is CC(NC(=O)CSc1ncnc2nc[nH]c12)c1ccc(Cl)cc1. The summed E-state index contributed by atoms with van der Waals surface area (Å²) < 4.78 is 0. The number of imidazole rings is 1. The van der Waals surface area contributed by atoms with E-state index in [0.717, 1.165) is 11.1 Å². The lowest BCUT2D eigenvalue weighted by Gasteiger charge is -2.14. The fourth-order valence-corrected chi connectivity index (χ4v) is 3.00. The van der Waals surface area contributed by atoms with Crippen molar-refractivity contribution >= 4 is 40.4 Å². The van der Waals surface area contributed by atoms with E-state index < -0.39 is 0 Å². The second-order valence-corrected chi connectivity index (χ2v) is 6.31. The van der Waals surface area contributed by atoms with Crippen molar-refractivity contribution < 1.29 is 4.79 Å². The van der Waals surface area contributed by atoms with Gasteiger partial charge in [-0.05, 0) is 24.6 Å². The molecule has 3 aromatic rings. The third-order valence-corrected chi connectivity index (χ3v) is 4.52.